The maximum atomic E-state index is 6.04. The molecule has 0 saturated heterocycles. The van der Waals surface area contributed by atoms with E-state index in [0.717, 1.165) is 13.1 Å². The molecule has 0 aliphatic heterocycles. The lowest BCUT2D eigenvalue weighted by atomic mass is 9.98. The zero-order valence-corrected chi connectivity index (χ0v) is 11.7. The Kier molecular flexibility index (Phi) is 5.48. The van der Waals surface area contributed by atoms with Gasteiger partial charge in [-0.3, -0.25) is 0 Å². The van der Waals surface area contributed by atoms with Crippen LogP contribution in [0.4, 0.5) is 11.8 Å². The summed E-state index contributed by atoms with van der Waals surface area (Å²) in [5, 5.41) is 6.89. The number of aromatic nitrogens is 2. The fraction of sp³-hybridized carbons (Fsp3) is 0.667. The van der Waals surface area contributed by atoms with Crippen molar-refractivity contribution >= 4 is 23.4 Å². The quantitative estimate of drug-likeness (QED) is 0.820. The minimum atomic E-state index is 0.558. The lowest BCUT2D eigenvalue weighted by molar-refractivity contribution is 0.439. The Morgan fingerprint density at radius 2 is 2.00 bits per heavy atom. The fourth-order valence-electron chi connectivity index (χ4n) is 1.23. The van der Waals surface area contributed by atoms with Gasteiger partial charge in [0.25, 0.3) is 0 Å². The summed E-state index contributed by atoms with van der Waals surface area (Å²) in [6.07, 6.45) is 1.62. The molecule has 1 aromatic rings. The predicted octanol–water partition coefficient (Wildman–Crippen LogP) is 3.27. The summed E-state index contributed by atoms with van der Waals surface area (Å²) in [6.45, 7) is 10.3. The molecule has 17 heavy (non-hydrogen) atoms. The SMILES string of the molecule is CCNc1ncc(Cl)c(NCC(C)C(C)C)n1. The average Bonchev–Trinajstić information content (AvgIpc) is 2.29. The summed E-state index contributed by atoms with van der Waals surface area (Å²) < 4.78 is 0. The molecule has 0 aliphatic rings. The van der Waals surface area contributed by atoms with Crippen LogP contribution in [0.25, 0.3) is 0 Å². The van der Waals surface area contributed by atoms with Gasteiger partial charge in [0.2, 0.25) is 5.95 Å². The van der Waals surface area contributed by atoms with Crippen molar-refractivity contribution < 1.29 is 0 Å². The normalized spacial score (nSPS) is 12.6. The van der Waals surface area contributed by atoms with Gasteiger partial charge in [-0.2, -0.15) is 4.98 Å². The number of halogens is 1. The molecular weight excluding hydrogens is 236 g/mol. The van der Waals surface area contributed by atoms with Crippen molar-refractivity contribution in [1.29, 1.82) is 0 Å². The van der Waals surface area contributed by atoms with Crippen LogP contribution >= 0.6 is 11.6 Å². The average molecular weight is 257 g/mol. The molecule has 96 valence electrons. The molecule has 0 radical (unpaired) electrons. The van der Waals surface area contributed by atoms with Crippen LogP contribution in [0.5, 0.6) is 0 Å². The first-order valence-electron chi connectivity index (χ1n) is 6.04. The lowest BCUT2D eigenvalue weighted by Crippen LogP contribution is -2.17. The molecule has 1 rings (SSSR count). The Hall–Kier alpha value is -1.03. The van der Waals surface area contributed by atoms with Crippen molar-refractivity contribution in [2.45, 2.75) is 27.7 Å². The smallest absolute Gasteiger partial charge is 0.224 e. The molecule has 0 aliphatic carbocycles. The van der Waals surface area contributed by atoms with Gasteiger partial charge in [0.15, 0.2) is 0 Å². The van der Waals surface area contributed by atoms with Gasteiger partial charge in [-0.1, -0.05) is 32.4 Å². The maximum absolute atomic E-state index is 6.04. The molecule has 0 saturated carbocycles. The predicted molar refractivity (Wildman–Crippen MR) is 73.7 cm³/mol. The number of rotatable bonds is 6. The summed E-state index contributed by atoms with van der Waals surface area (Å²) in [6, 6.07) is 0. The summed E-state index contributed by atoms with van der Waals surface area (Å²) in [5.74, 6) is 2.52. The van der Waals surface area contributed by atoms with E-state index in [0.29, 0.717) is 28.6 Å². The number of anilines is 2. The van der Waals surface area contributed by atoms with Crippen molar-refractivity contribution in [3.05, 3.63) is 11.2 Å². The third kappa shape index (κ3) is 4.38. The second kappa shape index (κ2) is 6.64. The van der Waals surface area contributed by atoms with E-state index in [-0.39, 0.29) is 0 Å². The summed E-state index contributed by atoms with van der Waals surface area (Å²) in [5.41, 5.74) is 0. The van der Waals surface area contributed by atoms with Gasteiger partial charge in [0.05, 0.1) is 6.20 Å². The van der Waals surface area contributed by atoms with Gasteiger partial charge < -0.3 is 10.6 Å². The first kappa shape index (κ1) is 14.0. The van der Waals surface area contributed by atoms with Crippen molar-refractivity contribution in [1.82, 2.24) is 9.97 Å². The van der Waals surface area contributed by atoms with Crippen molar-refractivity contribution in [2.24, 2.45) is 11.8 Å². The van der Waals surface area contributed by atoms with E-state index in [2.05, 4.69) is 41.4 Å². The molecule has 0 aromatic carbocycles. The monoisotopic (exact) mass is 256 g/mol. The van der Waals surface area contributed by atoms with E-state index >= 15 is 0 Å². The van der Waals surface area contributed by atoms with Crippen molar-refractivity contribution in [3.8, 4) is 0 Å². The Balaban J connectivity index is 2.66. The fourth-order valence-corrected chi connectivity index (χ4v) is 1.39. The summed E-state index contributed by atoms with van der Waals surface area (Å²) in [7, 11) is 0. The zero-order valence-electron chi connectivity index (χ0n) is 10.9. The molecule has 4 nitrogen and oxygen atoms in total. The minimum Gasteiger partial charge on any atom is -0.368 e. The first-order chi connectivity index (χ1) is 8.04. The van der Waals surface area contributed by atoms with Crippen molar-refractivity contribution in [3.63, 3.8) is 0 Å². The highest BCUT2D eigenvalue weighted by atomic mass is 35.5. The molecule has 1 heterocycles. The molecule has 0 fully saturated rings. The second-order valence-corrected chi connectivity index (χ2v) is 4.93. The lowest BCUT2D eigenvalue weighted by Gasteiger charge is -2.17. The summed E-state index contributed by atoms with van der Waals surface area (Å²) >= 11 is 6.04. The Morgan fingerprint density at radius 1 is 1.29 bits per heavy atom. The van der Waals surface area contributed by atoms with E-state index in [1.807, 2.05) is 6.92 Å². The van der Waals surface area contributed by atoms with E-state index in [4.69, 9.17) is 11.6 Å². The van der Waals surface area contributed by atoms with Crippen LogP contribution in [-0.4, -0.2) is 23.1 Å². The highest BCUT2D eigenvalue weighted by Crippen LogP contribution is 2.20. The Morgan fingerprint density at radius 3 is 2.59 bits per heavy atom. The molecule has 0 amide bonds. The van der Waals surface area contributed by atoms with Crippen LogP contribution in [-0.2, 0) is 0 Å². The first-order valence-corrected chi connectivity index (χ1v) is 6.42. The largest absolute Gasteiger partial charge is 0.368 e. The number of hydrogen-bond acceptors (Lipinski definition) is 4. The van der Waals surface area contributed by atoms with Crippen LogP contribution < -0.4 is 10.6 Å². The van der Waals surface area contributed by atoms with Gasteiger partial charge in [-0.25, -0.2) is 4.98 Å². The van der Waals surface area contributed by atoms with Gasteiger partial charge in [0.1, 0.15) is 10.8 Å². The summed E-state index contributed by atoms with van der Waals surface area (Å²) in [4.78, 5) is 8.42. The van der Waals surface area contributed by atoms with Crippen LogP contribution in [0.2, 0.25) is 5.02 Å². The highest BCUT2D eigenvalue weighted by Gasteiger charge is 2.09. The van der Waals surface area contributed by atoms with E-state index in [1.54, 1.807) is 6.20 Å². The van der Waals surface area contributed by atoms with Crippen LogP contribution in [0, 0.1) is 11.8 Å². The van der Waals surface area contributed by atoms with E-state index in [1.165, 1.54) is 0 Å². The van der Waals surface area contributed by atoms with E-state index < -0.39 is 0 Å². The highest BCUT2D eigenvalue weighted by molar-refractivity contribution is 6.32. The molecule has 2 N–H and O–H groups in total. The second-order valence-electron chi connectivity index (χ2n) is 4.52. The molecule has 1 atom stereocenters. The number of nitrogens with zero attached hydrogens (tertiary/aromatic N) is 2. The third-order valence-corrected chi connectivity index (χ3v) is 3.09. The topological polar surface area (TPSA) is 49.8 Å². The van der Waals surface area contributed by atoms with Crippen molar-refractivity contribution in [2.75, 3.05) is 23.7 Å². The van der Waals surface area contributed by atoms with Crippen LogP contribution in [0.15, 0.2) is 6.20 Å². The zero-order chi connectivity index (χ0) is 12.8. The number of nitrogens with one attached hydrogen (secondary N) is 2. The molecule has 1 unspecified atom stereocenters. The van der Waals surface area contributed by atoms with Gasteiger partial charge in [-0.15, -0.1) is 0 Å². The molecule has 0 bridgehead atoms. The molecule has 1 aromatic heterocycles. The van der Waals surface area contributed by atoms with Gasteiger partial charge in [0, 0.05) is 13.1 Å². The Bertz CT molecular complexity index is 354. The molecule has 5 heteroatoms. The number of hydrogen-bond donors (Lipinski definition) is 2. The molecular formula is C12H21ClN4. The van der Waals surface area contributed by atoms with Gasteiger partial charge in [-0.05, 0) is 18.8 Å². The third-order valence-electron chi connectivity index (χ3n) is 2.81. The Labute approximate surface area is 108 Å². The molecule has 0 spiro atoms. The van der Waals surface area contributed by atoms with Crippen LogP contribution in [0.1, 0.15) is 27.7 Å². The minimum absolute atomic E-state index is 0.558. The standard InChI is InChI=1S/C12H21ClN4/c1-5-14-12-16-7-10(13)11(17-12)15-6-9(4)8(2)3/h7-9H,5-6H2,1-4H3,(H2,14,15,16,17). The maximum Gasteiger partial charge on any atom is 0.224 e. The van der Waals surface area contributed by atoms with Crippen LogP contribution in [0.3, 0.4) is 0 Å². The van der Waals surface area contributed by atoms with Gasteiger partial charge >= 0.3 is 0 Å². The van der Waals surface area contributed by atoms with E-state index in [9.17, 15) is 0 Å².